The number of thioether (sulfide) groups is 1. The fourth-order valence-electron chi connectivity index (χ4n) is 4.44. The van der Waals surface area contributed by atoms with E-state index in [0.717, 1.165) is 28.2 Å². The molecule has 35 heavy (non-hydrogen) atoms. The molecule has 9 heteroatoms. The van der Waals surface area contributed by atoms with Gasteiger partial charge in [0.05, 0.1) is 16.9 Å². The fourth-order valence-corrected chi connectivity index (χ4v) is 5.23. The van der Waals surface area contributed by atoms with Gasteiger partial charge in [-0.2, -0.15) is 0 Å². The highest BCUT2D eigenvalue weighted by atomic mass is 32.2. The van der Waals surface area contributed by atoms with Gasteiger partial charge in [0.15, 0.2) is 5.16 Å². The van der Waals surface area contributed by atoms with Crippen molar-refractivity contribution >= 4 is 35.2 Å². The van der Waals surface area contributed by atoms with Crippen LogP contribution >= 0.6 is 11.8 Å². The minimum absolute atomic E-state index is 0.165. The predicted octanol–water partition coefficient (Wildman–Crippen LogP) is 4.01. The molecule has 1 fully saturated rings. The number of hydrogen-bond donors (Lipinski definition) is 2. The van der Waals surface area contributed by atoms with E-state index in [2.05, 4.69) is 39.0 Å². The third-order valence-corrected chi connectivity index (χ3v) is 7.45. The molecule has 182 valence electrons. The summed E-state index contributed by atoms with van der Waals surface area (Å²) in [5.41, 5.74) is 4.01. The predicted molar refractivity (Wildman–Crippen MR) is 136 cm³/mol. The molecule has 3 aromatic rings. The molecule has 0 aliphatic carbocycles. The number of hydrogen-bond acceptors (Lipinski definition) is 6. The maximum atomic E-state index is 12.7. The zero-order chi connectivity index (χ0) is 25.2. The molecule has 2 N–H and O–H groups in total. The average Bonchev–Trinajstić information content (AvgIpc) is 3.20. The van der Waals surface area contributed by atoms with Gasteiger partial charge in [0.1, 0.15) is 5.82 Å². The van der Waals surface area contributed by atoms with Crippen LogP contribution in [0, 0.1) is 20.8 Å². The Hall–Kier alpha value is -3.46. The molecular formula is C26H29N5O3S. The number of benzene rings is 2. The van der Waals surface area contributed by atoms with E-state index in [-0.39, 0.29) is 23.5 Å². The lowest BCUT2D eigenvalue weighted by atomic mass is 9.72. The smallest absolute Gasteiger partial charge is 0.237 e. The number of piperidine rings is 1. The Labute approximate surface area is 208 Å². The summed E-state index contributed by atoms with van der Waals surface area (Å²) in [7, 11) is 0. The Bertz CT molecular complexity index is 1280. The number of rotatable bonds is 7. The molecule has 8 nitrogen and oxygen atoms in total. The summed E-state index contributed by atoms with van der Waals surface area (Å²) in [4.78, 5) is 36.9. The third kappa shape index (κ3) is 5.00. The number of carbonyl (C=O) groups excluding carboxylic acids is 3. The number of anilines is 1. The largest absolute Gasteiger partial charge is 0.325 e. The fraction of sp³-hybridized carbons (Fsp3) is 0.346. The summed E-state index contributed by atoms with van der Waals surface area (Å²) >= 11 is 1.33. The summed E-state index contributed by atoms with van der Waals surface area (Å²) in [6.45, 7) is 7.92. The molecule has 2 aromatic carbocycles. The van der Waals surface area contributed by atoms with E-state index in [1.807, 2.05) is 44.4 Å². The van der Waals surface area contributed by atoms with Gasteiger partial charge in [-0.15, -0.1) is 10.2 Å². The molecule has 1 unspecified atom stereocenters. The highest BCUT2D eigenvalue weighted by Gasteiger charge is 2.42. The summed E-state index contributed by atoms with van der Waals surface area (Å²) in [5, 5.41) is 14.5. The number of carbonyl (C=O) groups is 3. The van der Waals surface area contributed by atoms with Crippen LogP contribution in [-0.2, 0) is 19.8 Å². The number of imide groups is 1. The quantitative estimate of drug-likeness (QED) is 0.382. The van der Waals surface area contributed by atoms with Gasteiger partial charge in [-0.05, 0) is 68.5 Å². The first-order valence-electron chi connectivity index (χ1n) is 11.6. The molecular weight excluding hydrogens is 462 g/mol. The molecule has 0 bridgehead atoms. The zero-order valence-corrected chi connectivity index (χ0v) is 21.2. The van der Waals surface area contributed by atoms with Gasteiger partial charge in [0, 0.05) is 12.1 Å². The zero-order valence-electron chi connectivity index (χ0n) is 20.3. The Morgan fingerprint density at radius 1 is 1.11 bits per heavy atom. The van der Waals surface area contributed by atoms with Crippen molar-refractivity contribution in [3.8, 4) is 5.69 Å². The van der Waals surface area contributed by atoms with Crippen molar-refractivity contribution in [2.24, 2.45) is 0 Å². The first-order valence-corrected chi connectivity index (χ1v) is 12.6. The second-order valence-corrected chi connectivity index (χ2v) is 9.82. The number of aryl methyl sites for hydroxylation is 3. The maximum Gasteiger partial charge on any atom is 0.237 e. The van der Waals surface area contributed by atoms with Crippen molar-refractivity contribution in [2.75, 3.05) is 11.1 Å². The Morgan fingerprint density at radius 2 is 1.86 bits per heavy atom. The van der Waals surface area contributed by atoms with Crippen LogP contribution in [0.2, 0.25) is 0 Å². The van der Waals surface area contributed by atoms with Crippen LogP contribution in [0.15, 0.2) is 47.6 Å². The molecule has 2 heterocycles. The van der Waals surface area contributed by atoms with Crippen LogP contribution in [0.3, 0.4) is 0 Å². The van der Waals surface area contributed by atoms with Gasteiger partial charge in [0.2, 0.25) is 17.7 Å². The van der Waals surface area contributed by atoms with E-state index in [1.54, 1.807) is 12.1 Å². The molecule has 1 aliphatic rings. The molecule has 0 spiro atoms. The summed E-state index contributed by atoms with van der Waals surface area (Å²) in [6.07, 6.45) is 1.40. The van der Waals surface area contributed by atoms with E-state index in [0.29, 0.717) is 30.1 Å². The minimum Gasteiger partial charge on any atom is -0.325 e. The summed E-state index contributed by atoms with van der Waals surface area (Å²) < 4.78 is 1.97. The Kier molecular flexibility index (Phi) is 7.07. The topological polar surface area (TPSA) is 106 Å². The first-order chi connectivity index (χ1) is 16.7. The van der Waals surface area contributed by atoms with Crippen molar-refractivity contribution in [1.29, 1.82) is 0 Å². The highest BCUT2D eigenvalue weighted by Crippen LogP contribution is 2.36. The molecule has 1 aliphatic heterocycles. The summed E-state index contributed by atoms with van der Waals surface area (Å²) in [5.74, 6) is 0.281. The Morgan fingerprint density at radius 3 is 2.54 bits per heavy atom. The van der Waals surface area contributed by atoms with Gasteiger partial charge in [0.25, 0.3) is 0 Å². The number of nitrogens with one attached hydrogen (secondary N) is 2. The molecule has 1 saturated heterocycles. The van der Waals surface area contributed by atoms with Crippen LogP contribution < -0.4 is 10.6 Å². The molecule has 1 aromatic heterocycles. The van der Waals surface area contributed by atoms with E-state index >= 15 is 0 Å². The number of amides is 3. The maximum absolute atomic E-state index is 12.7. The van der Waals surface area contributed by atoms with E-state index in [1.165, 1.54) is 11.8 Å². The van der Waals surface area contributed by atoms with E-state index in [4.69, 9.17) is 0 Å². The van der Waals surface area contributed by atoms with Crippen molar-refractivity contribution in [2.45, 2.75) is 57.5 Å². The van der Waals surface area contributed by atoms with Crippen LogP contribution in [0.5, 0.6) is 0 Å². The van der Waals surface area contributed by atoms with E-state index in [9.17, 15) is 14.4 Å². The first kappa shape index (κ1) is 24.7. The summed E-state index contributed by atoms with van der Waals surface area (Å²) in [6, 6.07) is 13.5. The minimum atomic E-state index is -0.720. The lowest BCUT2D eigenvalue weighted by Crippen LogP contribution is -2.51. The second-order valence-electron chi connectivity index (χ2n) is 8.88. The van der Waals surface area contributed by atoms with Crippen molar-refractivity contribution < 1.29 is 14.4 Å². The van der Waals surface area contributed by atoms with Crippen LogP contribution in [0.4, 0.5) is 5.69 Å². The van der Waals surface area contributed by atoms with Crippen LogP contribution in [0.1, 0.15) is 48.7 Å². The lowest BCUT2D eigenvalue weighted by Gasteiger charge is -2.35. The molecule has 1 atom stereocenters. The standard InChI is InChI=1S/C26H29N5O3S/c1-5-26(13-12-22(32)28-24(26)34)19-8-10-20(11-9-19)27-23(33)15-35-25-30-29-18(4)31(25)21-14-16(2)6-7-17(21)3/h6-11,14H,5,12-13,15H2,1-4H3,(H,27,33)(H,28,32,34). The van der Waals surface area contributed by atoms with Crippen molar-refractivity contribution in [1.82, 2.24) is 20.1 Å². The van der Waals surface area contributed by atoms with E-state index < -0.39 is 5.41 Å². The van der Waals surface area contributed by atoms with Gasteiger partial charge in [-0.1, -0.05) is 43.0 Å². The van der Waals surface area contributed by atoms with Crippen LogP contribution in [0.25, 0.3) is 5.69 Å². The monoisotopic (exact) mass is 491 g/mol. The number of aromatic nitrogens is 3. The van der Waals surface area contributed by atoms with Crippen molar-refractivity contribution in [3.63, 3.8) is 0 Å². The second kappa shape index (κ2) is 10.0. The normalized spacial score (nSPS) is 17.8. The van der Waals surface area contributed by atoms with Gasteiger partial charge >= 0.3 is 0 Å². The van der Waals surface area contributed by atoms with Crippen LogP contribution in [-0.4, -0.2) is 38.2 Å². The van der Waals surface area contributed by atoms with Gasteiger partial charge in [-0.25, -0.2) is 0 Å². The lowest BCUT2D eigenvalue weighted by molar-refractivity contribution is -0.138. The van der Waals surface area contributed by atoms with Gasteiger partial charge in [-0.3, -0.25) is 24.3 Å². The Balaban J connectivity index is 1.43. The molecule has 4 rings (SSSR count). The molecule has 3 amide bonds. The molecule has 0 saturated carbocycles. The average molecular weight is 492 g/mol. The SMILES string of the molecule is CCC1(c2ccc(NC(=O)CSc3nnc(C)n3-c3cc(C)ccc3C)cc2)CCC(=O)NC1=O. The van der Waals surface area contributed by atoms with Gasteiger partial charge < -0.3 is 5.32 Å². The number of nitrogens with zero attached hydrogens (tertiary/aromatic N) is 3. The van der Waals surface area contributed by atoms with Crippen molar-refractivity contribution in [3.05, 3.63) is 65.0 Å². The molecule has 0 radical (unpaired) electrons. The third-order valence-electron chi connectivity index (χ3n) is 6.52. The highest BCUT2D eigenvalue weighted by molar-refractivity contribution is 7.99.